The fraction of sp³-hybridized carbons (Fsp3) is 0.667. The molecule has 0 saturated heterocycles. The predicted octanol–water partition coefficient (Wildman–Crippen LogP) is 0.179. The fourth-order valence-electron chi connectivity index (χ4n) is 2.34. The van der Waals surface area contributed by atoms with Crippen LogP contribution in [0.25, 0.3) is 0 Å². The summed E-state index contributed by atoms with van der Waals surface area (Å²) in [7, 11) is 0. The van der Waals surface area contributed by atoms with Gasteiger partial charge < -0.3 is 15.0 Å². The molecule has 1 aromatic rings. The first kappa shape index (κ1) is 12.1. The number of hydrogen-bond donors (Lipinski definition) is 2. The molecule has 2 rings (SSSR count). The van der Waals surface area contributed by atoms with Crippen LogP contribution in [0.3, 0.4) is 0 Å². The standard InChI is InChI=1S/C12H19N3O2/c1-9-14-10-4-2-3-5-11(10)15(9)8-12(17)13-6-7-16/h16H,2-8H2,1H3,(H,13,17). The van der Waals surface area contributed by atoms with Gasteiger partial charge in [0.05, 0.1) is 12.3 Å². The summed E-state index contributed by atoms with van der Waals surface area (Å²) in [6.07, 6.45) is 4.42. The number of hydrogen-bond acceptors (Lipinski definition) is 3. The van der Waals surface area contributed by atoms with E-state index in [1.807, 2.05) is 11.5 Å². The average molecular weight is 237 g/mol. The first-order valence-electron chi connectivity index (χ1n) is 6.15. The molecular weight excluding hydrogens is 218 g/mol. The van der Waals surface area contributed by atoms with E-state index in [4.69, 9.17) is 5.11 Å². The number of nitrogens with one attached hydrogen (secondary N) is 1. The molecule has 1 aliphatic carbocycles. The summed E-state index contributed by atoms with van der Waals surface area (Å²) in [5.74, 6) is 0.851. The van der Waals surface area contributed by atoms with Gasteiger partial charge in [0.1, 0.15) is 12.4 Å². The minimum atomic E-state index is -0.0621. The summed E-state index contributed by atoms with van der Waals surface area (Å²) in [6, 6.07) is 0. The Balaban J connectivity index is 2.10. The molecule has 1 aliphatic rings. The van der Waals surface area contributed by atoms with Crippen LogP contribution in [-0.2, 0) is 24.2 Å². The number of rotatable bonds is 4. The minimum Gasteiger partial charge on any atom is -0.395 e. The van der Waals surface area contributed by atoms with E-state index in [0.29, 0.717) is 13.1 Å². The molecule has 94 valence electrons. The lowest BCUT2D eigenvalue weighted by Crippen LogP contribution is -2.30. The van der Waals surface area contributed by atoms with E-state index in [0.717, 1.165) is 24.4 Å². The molecule has 0 radical (unpaired) electrons. The van der Waals surface area contributed by atoms with Crippen LogP contribution < -0.4 is 5.32 Å². The molecule has 0 saturated carbocycles. The lowest BCUT2D eigenvalue weighted by Gasteiger charge is -2.14. The third-order valence-corrected chi connectivity index (χ3v) is 3.16. The Kier molecular flexibility index (Phi) is 3.78. The summed E-state index contributed by atoms with van der Waals surface area (Å²) >= 11 is 0. The van der Waals surface area contributed by atoms with Gasteiger partial charge in [-0.05, 0) is 32.6 Å². The van der Waals surface area contributed by atoms with Crippen LogP contribution in [0.15, 0.2) is 0 Å². The van der Waals surface area contributed by atoms with Gasteiger partial charge in [0.25, 0.3) is 0 Å². The lowest BCUT2D eigenvalue weighted by atomic mass is 10.0. The molecule has 0 aromatic carbocycles. The van der Waals surface area contributed by atoms with E-state index < -0.39 is 0 Å². The van der Waals surface area contributed by atoms with Crippen molar-refractivity contribution in [2.45, 2.75) is 39.2 Å². The lowest BCUT2D eigenvalue weighted by molar-refractivity contribution is -0.121. The third-order valence-electron chi connectivity index (χ3n) is 3.16. The Bertz CT molecular complexity index is 412. The van der Waals surface area contributed by atoms with E-state index in [2.05, 4.69) is 10.3 Å². The normalized spacial score (nSPS) is 14.5. The number of aliphatic hydroxyl groups excluding tert-OH is 1. The number of carbonyl (C=O) groups is 1. The molecular formula is C12H19N3O2. The van der Waals surface area contributed by atoms with Crippen LogP contribution >= 0.6 is 0 Å². The molecule has 1 heterocycles. The molecule has 0 spiro atoms. The first-order chi connectivity index (χ1) is 8.22. The Hall–Kier alpha value is -1.36. The quantitative estimate of drug-likeness (QED) is 0.785. The fourth-order valence-corrected chi connectivity index (χ4v) is 2.34. The molecule has 5 heteroatoms. The molecule has 2 N–H and O–H groups in total. The van der Waals surface area contributed by atoms with E-state index in [1.54, 1.807) is 0 Å². The second-order valence-corrected chi connectivity index (χ2v) is 4.42. The molecule has 0 bridgehead atoms. The van der Waals surface area contributed by atoms with E-state index >= 15 is 0 Å². The van der Waals surface area contributed by atoms with Crippen molar-refractivity contribution in [3.63, 3.8) is 0 Å². The van der Waals surface area contributed by atoms with Crippen molar-refractivity contribution in [3.05, 3.63) is 17.2 Å². The highest BCUT2D eigenvalue weighted by Gasteiger charge is 2.19. The minimum absolute atomic E-state index is 0.0211. The summed E-state index contributed by atoms with van der Waals surface area (Å²) in [6.45, 7) is 2.55. The van der Waals surface area contributed by atoms with Crippen LogP contribution in [0.4, 0.5) is 0 Å². The van der Waals surface area contributed by atoms with Crippen molar-refractivity contribution >= 4 is 5.91 Å². The molecule has 1 amide bonds. The average Bonchev–Trinajstić information content (AvgIpc) is 2.64. The Labute approximate surface area is 101 Å². The van der Waals surface area contributed by atoms with Crippen molar-refractivity contribution in [1.82, 2.24) is 14.9 Å². The van der Waals surface area contributed by atoms with Crippen LogP contribution in [0, 0.1) is 6.92 Å². The summed E-state index contributed by atoms with van der Waals surface area (Å²) in [5, 5.41) is 11.3. The van der Waals surface area contributed by atoms with Crippen molar-refractivity contribution in [1.29, 1.82) is 0 Å². The summed E-state index contributed by atoms with van der Waals surface area (Å²) in [5.41, 5.74) is 2.37. The predicted molar refractivity (Wildman–Crippen MR) is 63.7 cm³/mol. The van der Waals surface area contributed by atoms with Crippen molar-refractivity contribution < 1.29 is 9.90 Å². The topological polar surface area (TPSA) is 67.2 Å². The highest BCUT2D eigenvalue weighted by molar-refractivity contribution is 5.75. The second-order valence-electron chi connectivity index (χ2n) is 4.42. The van der Waals surface area contributed by atoms with Gasteiger partial charge in [-0.2, -0.15) is 0 Å². The first-order valence-corrected chi connectivity index (χ1v) is 6.15. The van der Waals surface area contributed by atoms with Gasteiger partial charge in [-0.1, -0.05) is 0 Å². The maximum Gasteiger partial charge on any atom is 0.240 e. The van der Waals surface area contributed by atoms with E-state index in [9.17, 15) is 4.79 Å². The molecule has 0 aliphatic heterocycles. The molecule has 0 fully saturated rings. The monoisotopic (exact) mass is 237 g/mol. The van der Waals surface area contributed by atoms with Crippen LogP contribution in [0.1, 0.15) is 30.1 Å². The van der Waals surface area contributed by atoms with Gasteiger partial charge in [-0.25, -0.2) is 4.98 Å². The molecule has 17 heavy (non-hydrogen) atoms. The maximum atomic E-state index is 11.6. The van der Waals surface area contributed by atoms with Gasteiger partial charge in [0.2, 0.25) is 5.91 Å². The Morgan fingerprint density at radius 3 is 3.00 bits per heavy atom. The SMILES string of the molecule is Cc1nc2c(n1CC(=O)NCCO)CCCC2. The number of carbonyl (C=O) groups excluding carboxylic acids is 1. The van der Waals surface area contributed by atoms with Crippen molar-refractivity contribution in [2.24, 2.45) is 0 Å². The number of aliphatic hydroxyl groups is 1. The smallest absolute Gasteiger partial charge is 0.240 e. The largest absolute Gasteiger partial charge is 0.395 e. The highest BCUT2D eigenvalue weighted by atomic mass is 16.3. The Morgan fingerprint density at radius 2 is 2.24 bits per heavy atom. The zero-order chi connectivity index (χ0) is 12.3. The number of nitrogens with zero attached hydrogens (tertiary/aromatic N) is 2. The van der Waals surface area contributed by atoms with Crippen LogP contribution in [-0.4, -0.2) is 33.7 Å². The molecule has 0 atom stereocenters. The van der Waals surface area contributed by atoms with Crippen LogP contribution in [0.5, 0.6) is 0 Å². The summed E-state index contributed by atoms with van der Waals surface area (Å²) < 4.78 is 2.00. The number of amides is 1. The van der Waals surface area contributed by atoms with Gasteiger partial charge in [-0.3, -0.25) is 4.79 Å². The van der Waals surface area contributed by atoms with Crippen molar-refractivity contribution in [3.8, 4) is 0 Å². The number of aromatic nitrogens is 2. The van der Waals surface area contributed by atoms with Gasteiger partial charge in [-0.15, -0.1) is 0 Å². The maximum absolute atomic E-state index is 11.6. The molecule has 0 unspecified atom stereocenters. The third kappa shape index (κ3) is 2.66. The van der Waals surface area contributed by atoms with E-state index in [-0.39, 0.29) is 12.5 Å². The highest BCUT2D eigenvalue weighted by Crippen LogP contribution is 2.21. The van der Waals surface area contributed by atoms with Crippen LogP contribution in [0.2, 0.25) is 0 Å². The zero-order valence-corrected chi connectivity index (χ0v) is 10.2. The van der Waals surface area contributed by atoms with Gasteiger partial charge >= 0.3 is 0 Å². The van der Waals surface area contributed by atoms with Gasteiger partial charge in [0.15, 0.2) is 0 Å². The number of fused-ring (bicyclic) bond motifs is 1. The Morgan fingerprint density at radius 1 is 1.47 bits per heavy atom. The molecule has 1 aromatic heterocycles. The number of imidazole rings is 1. The number of aryl methyl sites for hydroxylation is 2. The zero-order valence-electron chi connectivity index (χ0n) is 10.2. The molecule has 5 nitrogen and oxygen atoms in total. The summed E-state index contributed by atoms with van der Waals surface area (Å²) in [4.78, 5) is 16.2. The van der Waals surface area contributed by atoms with Crippen molar-refractivity contribution in [2.75, 3.05) is 13.2 Å². The van der Waals surface area contributed by atoms with Gasteiger partial charge in [0, 0.05) is 12.2 Å². The van der Waals surface area contributed by atoms with E-state index in [1.165, 1.54) is 18.5 Å². The second kappa shape index (κ2) is 5.31.